The zero-order valence-corrected chi connectivity index (χ0v) is 11.6. The summed E-state index contributed by atoms with van der Waals surface area (Å²) in [5.41, 5.74) is 1.87. The topological polar surface area (TPSA) is 42.4 Å². The van der Waals surface area contributed by atoms with E-state index >= 15 is 0 Å². The summed E-state index contributed by atoms with van der Waals surface area (Å²) in [4.78, 5) is 4.24. The Kier molecular flexibility index (Phi) is 3.98. The highest BCUT2D eigenvalue weighted by Crippen LogP contribution is 2.21. The van der Waals surface area contributed by atoms with Crippen molar-refractivity contribution in [3.63, 3.8) is 0 Å². The first-order valence-corrected chi connectivity index (χ1v) is 6.71. The van der Waals surface area contributed by atoms with Crippen LogP contribution in [0.5, 0.6) is 5.75 Å². The number of fused-ring (bicyclic) bond motifs is 1. The van der Waals surface area contributed by atoms with Crippen LogP contribution in [0.15, 0.2) is 48.7 Å². The number of nitrogens with zero attached hydrogens (tertiary/aromatic N) is 1. The molecule has 22 heavy (non-hydrogen) atoms. The fraction of sp³-hybridized carbons (Fsp3) is 0.118. The van der Waals surface area contributed by atoms with Crippen LogP contribution in [-0.2, 0) is 13.2 Å². The predicted molar refractivity (Wildman–Crippen MR) is 78.4 cm³/mol. The van der Waals surface area contributed by atoms with E-state index in [1.807, 2.05) is 12.1 Å². The van der Waals surface area contributed by atoms with E-state index in [9.17, 15) is 8.78 Å². The summed E-state index contributed by atoms with van der Waals surface area (Å²) in [7, 11) is 0. The van der Waals surface area contributed by atoms with E-state index in [4.69, 9.17) is 9.84 Å². The standard InChI is InChI=1S/C17H13F2NO2/c18-14-4-11(5-15(19)6-14)10-22-16-2-1-13-3-12(9-21)8-20-17(13)7-16/h1-8,21H,9-10H2. The van der Waals surface area contributed by atoms with Gasteiger partial charge < -0.3 is 9.84 Å². The van der Waals surface area contributed by atoms with E-state index in [0.29, 0.717) is 11.3 Å². The minimum atomic E-state index is -0.629. The number of rotatable bonds is 4. The van der Waals surface area contributed by atoms with Crippen LogP contribution in [0, 0.1) is 11.6 Å². The number of aliphatic hydroxyl groups excluding tert-OH is 1. The van der Waals surface area contributed by atoms with Crippen molar-refractivity contribution in [1.82, 2.24) is 4.98 Å². The summed E-state index contributed by atoms with van der Waals surface area (Å²) in [6.45, 7) is 0.00123. The van der Waals surface area contributed by atoms with E-state index in [2.05, 4.69) is 4.98 Å². The monoisotopic (exact) mass is 301 g/mol. The number of pyridine rings is 1. The van der Waals surface area contributed by atoms with E-state index in [1.165, 1.54) is 12.1 Å². The molecule has 3 nitrogen and oxygen atoms in total. The zero-order valence-electron chi connectivity index (χ0n) is 11.6. The third-order valence-corrected chi connectivity index (χ3v) is 3.22. The van der Waals surface area contributed by atoms with Crippen LogP contribution >= 0.6 is 0 Å². The smallest absolute Gasteiger partial charge is 0.126 e. The summed E-state index contributed by atoms with van der Waals surface area (Å²) >= 11 is 0. The average Bonchev–Trinajstić information content (AvgIpc) is 2.51. The molecule has 1 aromatic heterocycles. The molecule has 1 N–H and O–H groups in total. The van der Waals surface area contributed by atoms with Gasteiger partial charge in [0.15, 0.2) is 0 Å². The van der Waals surface area contributed by atoms with Gasteiger partial charge in [-0.1, -0.05) is 0 Å². The third-order valence-electron chi connectivity index (χ3n) is 3.22. The lowest BCUT2D eigenvalue weighted by atomic mass is 10.1. The van der Waals surface area contributed by atoms with Crippen molar-refractivity contribution in [2.75, 3.05) is 0 Å². The quantitative estimate of drug-likeness (QED) is 0.801. The van der Waals surface area contributed by atoms with Crippen LogP contribution in [0.3, 0.4) is 0 Å². The number of benzene rings is 2. The van der Waals surface area contributed by atoms with Gasteiger partial charge in [-0.2, -0.15) is 0 Å². The van der Waals surface area contributed by atoms with Crippen molar-refractivity contribution < 1.29 is 18.6 Å². The van der Waals surface area contributed by atoms with Crippen LogP contribution in [0.2, 0.25) is 0 Å². The van der Waals surface area contributed by atoms with Crippen molar-refractivity contribution in [1.29, 1.82) is 0 Å². The molecular weight excluding hydrogens is 288 g/mol. The van der Waals surface area contributed by atoms with Gasteiger partial charge in [0.05, 0.1) is 12.1 Å². The molecule has 0 atom stereocenters. The van der Waals surface area contributed by atoms with Gasteiger partial charge in [-0.3, -0.25) is 4.98 Å². The molecular formula is C17H13F2NO2. The third kappa shape index (κ3) is 3.20. The predicted octanol–water partition coefficient (Wildman–Crippen LogP) is 3.58. The fourth-order valence-electron chi connectivity index (χ4n) is 2.18. The van der Waals surface area contributed by atoms with E-state index in [1.54, 1.807) is 18.3 Å². The summed E-state index contributed by atoms with van der Waals surface area (Å²) in [5, 5.41) is 9.97. The fourth-order valence-corrected chi connectivity index (χ4v) is 2.18. The van der Waals surface area contributed by atoms with Crippen molar-refractivity contribution >= 4 is 10.9 Å². The van der Waals surface area contributed by atoms with Crippen molar-refractivity contribution in [3.05, 3.63) is 71.4 Å². The maximum absolute atomic E-state index is 13.1. The first-order valence-electron chi connectivity index (χ1n) is 6.71. The molecule has 3 aromatic rings. The lowest BCUT2D eigenvalue weighted by Gasteiger charge is -2.08. The number of hydrogen-bond donors (Lipinski definition) is 1. The molecule has 0 spiro atoms. The largest absolute Gasteiger partial charge is 0.489 e. The summed E-state index contributed by atoms with van der Waals surface area (Å²) in [5.74, 6) is -0.702. The Hall–Kier alpha value is -2.53. The van der Waals surface area contributed by atoms with E-state index < -0.39 is 11.6 Å². The highest BCUT2D eigenvalue weighted by atomic mass is 19.1. The van der Waals surface area contributed by atoms with Crippen molar-refractivity contribution in [3.8, 4) is 5.75 Å². The molecule has 0 bridgehead atoms. The average molecular weight is 301 g/mol. The molecule has 0 fully saturated rings. The van der Waals surface area contributed by atoms with Crippen LogP contribution in [0.25, 0.3) is 10.9 Å². The Morgan fingerprint density at radius 3 is 2.45 bits per heavy atom. The molecule has 1 heterocycles. The SMILES string of the molecule is OCc1cnc2cc(OCc3cc(F)cc(F)c3)ccc2c1. The molecule has 0 unspecified atom stereocenters. The summed E-state index contributed by atoms with van der Waals surface area (Å²) in [6, 6.07) is 10.4. The minimum absolute atomic E-state index is 0.0632. The second kappa shape index (κ2) is 6.07. The van der Waals surface area contributed by atoms with Crippen molar-refractivity contribution in [2.24, 2.45) is 0 Å². The van der Waals surface area contributed by atoms with Crippen LogP contribution in [-0.4, -0.2) is 10.1 Å². The van der Waals surface area contributed by atoms with Crippen LogP contribution in [0.4, 0.5) is 8.78 Å². The number of halogens is 2. The molecule has 3 rings (SSSR count). The molecule has 0 aliphatic heterocycles. The van der Waals surface area contributed by atoms with Gasteiger partial charge in [-0.25, -0.2) is 8.78 Å². The maximum Gasteiger partial charge on any atom is 0.126 e. The second-order valence-electron chi connectivity index (χ2n) is 4.92. The van der Waals surface area contributed by atoms with Gasteiger partial charge in [0.2, 0.25) is 0 Å². The number of ether oxygens (including phenoxy) is 1. The number of aromatic nitrogens is 1. The molecule has 0 aliphatic carbocycles. The Morgan fingerprint density at radius 2 is 1.73 bits per heavy atom. The van der Waals surface area contributed by atoms with E-state index in [-0.39, 0.29) is 13.2 Å². The van der Waals surface area contributed by atoms with Gasteiger partial charge in [0.25, 0.3) is 0 Å². The van der Waals surface area contributed by atoms with Gasteiger partial charge in [0.1, 0.15) is 24.0 Å². The molecule has 112 valence electrons. The number of aliphatic hydroxyl groups is 1. The van der Waals surface area contributed by atoms with E-state index in [0.717, 1.165) is 22.5 Å². The Morgan fingerprint density at radius 1 is 0.955 bits per heavy atom. The van der Waals surface area contributed by atoms with Crippen LogP contribution in [0.1, 0.15) is 11.1 Å². The normalized spacial score (nSPS) is 10.9. The molecule has 5 heteroatoms. The molecule has 2 aromatic carbocycles. The highest BCUT2D eigenvalue weighted by molar-refractivity contribution is 5.80. The summed E-state index contributed by atoms with van der Waals surface area (Å²) < 4.78 is 31.8. The second-order valence-corrected chi connectivity index (χ2v) is 4.92. The molecule has 0 saturated carbocycles. The summed E-state index contributed by atoms with van der Waals surface area (Å²) in [6.07, 6.45) is 1.59. The highest BCUT2D eigenvalue weighted by Gasteiger charge is 2.04. The molecule has 0 amide bonds. The number of hydrogen-bond acceptors (Lipinski definition) is 3. The first kappa shape index (κ1) is 14.4. The van der Waals surface area contributed by atoms with Gasteiger partial charge in [-0.05, 0) is 41.5 Å². The Balaban J connectivity index is 1.79. The Labute approximate surface area is 125 Å². The van der Waals surface area contributed by atoms with Gasteiger partial charge >= 0.3 is 0 Å². The molecule has 0 saturated heterocycles. The van der Waals surface area contributed by atoms with Gasteiger partial charge in [0, 0.05) is 23.7 Å². The lowest BCUT2D eigenvalue weighted by molar-refractivity contribution is 0.281. The van der Waals surface area contributed by atoms with Crippen LogP contribution < -0.4 is 4.74 Å². The zero-order chi connectivity index (χ0) is 15.5. The first-order chi connectivity index (χ1) is 10.6. The maximum atomic E-state index is 13.1. The Bertz CT molecular complexity index is 801. The van der Waals surface area contributed by atoms with Gasteiger partial charge in [-0.15, -0.1) is 0 Å². The molecule has 0 aliphatic rings. The van der Waals surface area contributed by atoms with Crippen molar-refractivity contribution in [2.45, 2.75) is 13.2 Å². The lowest BCUT2D eigenvalue weighted by Crippen LogP contribution is -1.97. The molecule has 0 radical (unpaired) electrons. The minimum Gasteiger partial charge on any atom is -0.489 e.